The number of para-hydroxylation sites is 1. The SMILES string of the molecule is COCCOc1ccccc1[Se+](c1ccccc1)c1ccccc1.Fc1c(F)c(F)c([B-](c2c(F)c(F)c(F)c(F)c2Cl)(c2c(F)c(F)c(F)c(F)c2Cl)c2c(F)c(F)c(F)c(F)c2Cl)c(Cl)c1F. The van der Waals surface area contributed by atoms with Crippen molar-refractivity contribution >= 4 is 102 Å². The number of benzene rings is 7. The van der Waals surface area contributed by atoms with Gasteiger partial charge in [-0.1, -0.05) is 46.4 Å². The minimum absolute atomic E-state index is 0.565. The van der Waals surface area contributed by atoms with Crippen LogP contribution < -0.4 is 40.0 Å². The van der Waals surface area contributed by atoms with Crippen LogP contribution in [0.2, 0.25) is 20.1 Å². The zero-order valence-corrected chi connectivity index (χ0v) is 38.6. The van der Waals surface area contributed by atoms with Gasteiger partial charge in [0.15, 0.2) is 69.8 Å². The Morgan fingerprint density at radius 2 is 0.638 bits per heavy atom. The van der Waals surface area contributed by atoms with Crippen molar-refractivity contribution in [3.63, 3.8) is 0 Å². The number of hydrogen-bond donors (Lipinski definition) is 0. The van der Waals surface area contributed by atoms with E-state index in [1.165, 1.54) is 13.4 Å². The number of hydrogen-bond acceptors (Lipinski definition) is 2. The molecule has 7 aromatic rings. The fourth-order valence-electron chi connectivity index (χ4n) is 7.35. The molecule has 0 aromatic heterocycles. The van der Waals surface area contributed by atoms with E-state index in [1.807, 2.05) is 6.07 Å². The van der Waals surface area contributed by atoms with Gasteiger partial charge < -0.3 is 0 Å². The van der Waals surface area contributed by atoms with Gasteiger partial charge in [0.05, 0.1) is 0 Å². The molecule has 0 bridgehead atoms. The maximum absolute atomic E-state index is 15.8. The summed E-state index contributed by atoms with van der Waals surface area (Å²) in [5.74, 6) is -47.3. The topological polar surface area (TPSA) is 18.5 Å². The van der Waals surface area contributed by atoms with Crippen molar-refractivity contribution in [1.82, 2.24) is 0 Å². The Kier molecular flexibility index (Phi) is 16.6. The summed E-state index contributed by atoms with van der Waals surface area (Å²) >= 11 is 20.9. The zero-order valence-electron chi connectivity index (χ0n) is 33.9. The normalized spacial score (nSPS) is 11.6. The summed E-state index contributed by atoms with van der Waals surface area (Å²) in [5, 5.41) is -9.69. The van der Waals surface area contributed by atoms with Crippen LogP contribution in [0.3, 0.4) is 0 Å². The Morgan fingerprint density at radius 3 is 0.942 bits per heavy atom. The molecule has 24 heteroatoms. The molecule has 0 aliphatic rings. The second-order valence-corrected chi connectivity index (χ2v) is 19.7. The molecular weight excluding hydrogens is 1110 g/mol. The van der Waals surface area contributed by atoms with Crippen LogP contribution in [0, 0.1) is 93.1 Å². The quantitative estimate of drug-likeness (QED) is 0.0423. The Morgan fingerprint density at radius 1 is 0.362 bits per heavy atom. The molecule has 0 saturated carbocycles. The molecule has 0 fully saturated rings. The van der Waals surface area contributed by atoms with Gasteiger partial charge in [0.1, 0.15) is 29.4 Å². The Bertz CT molecular complexity index is 2680. The fraction of sp³-hybridized carbons (Fsp3) is 0.0667. The number of halogens is 20. The molecule has 0 unspecified atom stereocenters. The number of ether oxygens (including phenoxy) is 2. The van der Waals surface area contributed by atoms with Crippen molar-refractivity contribution in [1.29, 1.82) is 0 Å². The Balaban J connectivity index is 0.000000273. The molecule has 0 radical (unpaired) electrons. The van der Waals surface area contributed by atoms with E-state index in [4.69, 9.17) is 55.9 Å². The summed E-state index contributed by atoms with van der Waals surface area (Å²) in [6.07, 6.45) is -6.24. The molecular formula is C45H21BCl4F16O2Se. The summed E-state index contributed by atoms with van der Waals surface area (Å²) in [6, 6.07) is 29.9. The fourth-order valence-corrected chi connectivity index (χ4v) is 13.2. The molecule has 7 rings (SSSR count). The average molecular weight is 1130 g/mol. The van der Waals surface area contributed by atoms with Gasteiger partial charge in [-0.15, -0.1) is 21.9 Å². The van der Waals surface area contributed by atoms with E-state index in [9.17, 15) is 52.7 Å². The predicted octanol–water partition coefficient (Wildman–Crippen LogP) is 10.1. The first-order valence-electron chi connectivity index (χ1n) is 18.9. The molecule has 0 spiro atoms. The molecule has 2 nitrogen and oxygen atoms in total. The van der Waals surface area contributed by atoms with E-state index in [-0.39, 0.29) is 0 Å². The van der Waals surface area contributed by atoms with Gasteiger partial charge in [0, 0.05) is 20.1 Å². The van der Waals surface area contributed by atoms with Gasteiger partial charge in [0.2, 0.25) is 0 Å². The summed E-state index contributed by atoms with van der Waals surface area (Å²) < 4.78 is 253. The van der Waals surface area contributed by atoms with Crippen LogP contribution in [-0.4, -0.2) is 40.4 Å². The average Bonchev–Trinajstić information content (AvgIpc) is 3.35. The maximum Gasteiger partial charge on any atom is 0.198 e. The molecule has 7 aromatic carbocycles. The van der Waals surface area contributed by atoms with Gasteiger partial charge in [-0.2, -0.15) is 0 Å². The first-order chi connectivity index (χ1) is 32.6. The predicted molar refractivity (Wildman–Crippen MR) is 231 cm³/mol. The minimum atomic E-state index is -6.24. The van der Waals surface area contributed by atoms with Crippen molar-refractivity contribution in [2.75, 3.05) is 20.3 Å². The molecule has 362 valence electrons. The van der Waals surface area contributed by atoms with Crippen LogP contribution in [0.1, 0.15) is 0 Å². The maximum atomic E-state index is 15.8. The van der Waals surface area contributed by atoms with E-state index in [0.29, 0.717) is 13.2 Å². The molecule has 0 N–H and O–H groups in total. The summed E-state index contributed by atoms with van der Waals surface area (Å²) in [5.41, 5.74) is -10.7. The second kappa shape index (κ2) is 21.5. The van der Waals surface area contributed by atoms with Gasteiger partial charge >= 0.3 is 148 Å². The van der Waals surface area contributed by atoms with Gasteiger partial charge in [0.25, 0.3) is 0 Å². The van der Waals surface area contributed by atoms with Crippen LogP contribution in [0.5, 0.6) is 5.75 Å². The van der Waals surface area contributed by atoms with E-state index < -0.39 is 155 Å². The smallest absolute Gasteiger partial charge is 0.198 e. The molecule has 69 heavy (non-hydrogen) atoms. The molecule has 0 atom stereocenters. The van der Waals surface area contributed by atoms with Crippen LogP contribution in [-0.2, 0) is 4.74 Å². The molecule has 0 aliphatic carbocycles. The van der Waals surface area contributed by atoms with Crippen LogP contribution in [0.15, 0.2) is 84.9 Å². The van der Waals surface area contributed by atoms with E-state index >= 15 is 17.6 Å². The van der Waals surface area contributed by atoms with Gasteiger partial charge in [-0.3, -0.25) is 0 Å². The molecule has 0 heterocycles. The summed E-state index contributed by atoms with van der Waals surface area (Å²) in [4.78, 5) is 0. The Labute approximate surface area is 403 Å². The van der Waals surface area contributed by atoms with Crippen molar-refractivity contribution in [3.8, 4) is 5.75 Å². The minimum Gasteiger partial charge on any atom is -0.207 e. The van der Waals surface area contributed by atoms with Crippen LogP contribution in [0.25, 0.3) is 0 Å². The van der Waals surface area contributed by atoms with E-state index in [2.05, 4.69) is 78.9 Å². The van der Waals surface area contributed by atoms with Crippen molar-refractivity contribution < 1.29 is 79.7 Å². The first kappa shape index (κ1) is 53.3. The van der Waals surface area contributed by atoms with Crippen molar-refractivity contribution in [2.45, 2.75) is 0 Å². The van der Waals surface area contributed by atoms with E-state index in [1.54, 1.807) is 7.11 Å². The van der Waals surface area contributed by atoms with Gasteiger partial charge in [-0.25, -0.2) is 70.2 Å². The third-order valence-corrected chi connectivity index (χ3v) is 16.5. The third kappa shape index (κ3) is 9.25. The second-order valence-electron chi connectivity index (χ2n) is 14.0. The van der Waals surface area contributed by atoms with E-state index in [0.717, 1.165) is 5.75 Å². The zero-order chi connectivity index (χ0) is 51.0. The van der Waals surface area contributed by atoms with Crippen LogP contribution in [0.4, 0.5) is 70.2 Å². The summed E-state index contributed by atoms with van der Waals surface area (Å²) in [7, 11) is 1.69. The molecule has 0 aliphatic heterocycles. The molecule has 0 saturated heterocycles. The van der Waals surface area contributed by atoms with Crippen molar-refractivity contribution in [2.24, 2.45) is 0 Å². The number of methoxy groups -OCH3 is 1. The van der Waals surface area contributed by atoms with Crippen LogP contribution >= 0.6 is 46.4 Å². The Hall–Kier alpha value is -5.08. The standard InChI is InChI=1S/C24BCl4F16.C21H21O2Se/c26-5-1(9(30)17(38)21(42)13(5)34)25(2-6(27)14(35)22(43)18(39)10(2)31,3-7(28)15(36)23(44)19(40)11(3)32)4-8(29)16(37)24(45)20(41)12(4)33;1-22-16-17-23-20-14-8-9-15-21(20)24(18-10-4-2-5-11-18)19-12-6-3-7-13-19/h;2-15H,16-17H2,1H3/q-1;+1. The molecule has 0 amide bonds. The monoisotopic (exact) mass is 1130 g/mol. The van der Waals surface area contributed by atoms with Crippen molar-refractivity contribution in [3.05, 3.63) is 198 Å². The van der Waals surface area contributed by atoms with Gasteiger partial charge in [-0.05, 0) is 0 Å². The third-order valence-electron chi connectivity index (χ3n) is 10.3. The number of rotatable bonds is 11. The largest absolute Gasteiger partial charge is 0.207 e. The summed E-state index contributed by atoms with van der Waals surface area (Å²) in [6.45, 7) is 1.16. The first-order valence-corrected chi connectivity index (χ1v) is 23.0.